The Kier molecular flexibility index (Phi) is 7.81. The van der Waals surface area contributed by atoms with Gasteiger partial charge in [-0.3, -0.25) is 4.79 Å². The highest BCUT2D eigenvalue weighted by atomic mass is 19.1. The lowest BCUT2D eigenvalue weighted by atomic mass is 9.88. The molecule has 0 aromatic carbocycles. The Morgan fingerprint density at radius 1 is 1.43 bits per heavy atom. The van der Waals surface area contributed by atoms with Crippen molar-refractivity contribution in [2.45, 2.75) is 19.1 Å². The minimum absolute atomic E-state index is 0.0378. The molecule has 3 heterocycles. The summed E-state index contributed by atoms with van der Waals surface area (Å²) in [7, 11) is 1.67. The zero-order chi connectivity index (χ0) is 21.6. The Morgan fingerprint density at radius 3 is 2.80 bits per heavy atom. The minimum atomic E-state index is -0.539. The number of carbonyl (C=O) groups excluding carboxylic acids is 1. The minimum Gasteiger partial charge on any atom is -0.475 e. The number of rotatable bonds is 12. The molecule has 0 saturated carbocycles. The van der Waals surface area contributed by atoms with E-state index in [0.717, 1.165) is 5.69 Å². The molecule has 0 aliphatic carbocycles. The number of nitrogens with one attached hydrogen (secondary N) is 1. The van der Waals surface area contributed by atoms with Crippen LogP contribution in [0.4, 0.5) is 10.1 Å². The van der Waals surface area contributed by atoms with Gasteiger partial charge in [0.15, 0.2) is 0 Å². The van der Waals surface area contributed by atoms with E-state index < -0.39 is 6.67 Å². The first-order valence-electron chi connectivity index (χ1n) is 10.0. The number of anilines is 1. The predicted molar refractivity (Wildman–Crippen MR) is 107 cm³/mol. The third kappa shape index (κ3) is 5.37. The third-order valence-corrected chi connectivity index (χ3v) is 5.21. The van der Waals surface area contributed by atoms with E-state index in [1.54, 1.807) is 26.2 Å². The number of pyridine rings is 1. The lowest BCUT2D eigenvalue weighted by Crippen LogP contribution is -2.52. The second-order valence-electron chi connectivity index (χ2n) is 7.86. The van der Waals surface area contributed by atoms with Gasteiger partial charge in [-0.05, 0) is 19.1 Å². The van der Waals surface area contributed by atoms with Crippen molar-refractivity contribution in [1.82, 2.24) is 10.3 Å². The van der Waals surface area contributed by atoms with Crippen LogP contribution in [0.15, 0.2) is 12.1 Å². The number of hydrogen-bond donors (Lipinski definition) is 2. The first kappa shape index (κ1) is 22.7. The molecule has 1 aromatic rings. The summed E-state index contributed by atoms with van der Waals surface area (Å²) >= 11 is 0. The summed E-state index contributed by atoms with van der Waals surface area (Å²) in [5.74, 6) is -0.0510. The van der Waals surface area contributed by atoms with Crippen LogP contribution in [0.2, 0.25) is 0 Å². The number of carbonyl (C=O) groups is 1. The fourth-order valence-corrected chi connectivity index (χ4v) is 3.20. The van der Waals surface area contributed by atoms with Crippen LogP contribution in [0.25, 0.3) is 0 Å². The summed E-state index contributed by atoms with van der Waals surface area (Å²) in [6.45, 7) is 3.96. The summed E-state index contributed by atoms with van der Waals surface area (Å²) in [4.78, 5) is 18.9. The number of nitrogens with zero attached hydrogens (tertiary/aromatic N) is 2. The van der Waals surface area contributed by atoms with Crippen molar-refractivity contribution in [3.8, 4) is 5.88 Å². The Labute approximate surface area is 175 Å². The monoisotopic (exact) mass is 427 g/mol. The molecule has 2 N–H and O–H groups in total. The SMILES string of the molecule is COC1CN(c2ccc(C(=O)NC(C)CO)nc2OCC2(COCCF)COC2)C1. The van der Waals surface area contributed by atoms with Crippen molar-refractivity contribution in [2.24, 2.45) is 5.41 Å². The second-order valence-corrected chi connectivity index (χ2v) is 7.86. The second kappa shape index (κ2) is 10.3. The molecule has 10 heteroatoms. The van der Waals surface area contributed by atoms with Crippen molar-refractivity contribution < 1.29 is 33.2 Å². The van der Waals surface area contributed by atoms with Gasteiger partial charge in [0.2, 0.25) is 5.88 Å². The molecule has 0 radical (unpaired) electrons. The highest BCUT2D eigenvalue weighted by molar-refractivity contribution is 5.93. The predicted octanol–water partition coefficient (Wildman–Crippen LogP) is 0.409. The van der Waals surface area contributed by atoms with Crippen molar-refractivity contribution >= 4 is 11.6 Å². The van der Waals surface area contributed by atoms with E-state index in [2.05, 4.69) is 15.2 Å². The molecule has 2 saturated heterocycles. The molecule has 1 aromatic heterocycles. The molecule has 3 rings (SSSR count). The average Bonchev–Trinajstić information content (AvgIpc) is 2.69. The van der Waals surface area contributed by atoms with Crippen LogP contribution in [0.3, 0.4) is 0 Å². The first-order chi connectivity index (χ1) is 14.5. The fraction of sp³-hybridized carbons (Fsp3) is 0.700. The van der Waals surface area contributed by atoms with E-state index in [1.807, 2.05) is 0 Å². The van der Waals surface area contributed by atoms with Crippen LogP contribution < -0.4 is 15.0 Å². The van der Waals surface area contributed by atoms with Crippen molar-refractivity contribution in [3.63, 3.8) is 0 Å². The Bertz CT molecular complexity index is 712. The maximum Gasteiger partial charge on any atom is 0.270 e. The van der Waals surface area contributed by atoms with E-state index in [-0.39, 0.29) is 49.0 Å². The molecular formula is C20H30FN3O6. The van der Waals surface area contributed by atoms with Crippen molar-refractivity contribution in [1.29, 1.82) is 0 Å². The number of amides is 1. The zero-order valence-corrected chi connectivity index (χ0v) is 17.4. The highest BCUT2D eigenvalue weighted by Gasteiger charge is 2.41. The summed E-state index contributed by atoms with van der Waals surface area (Å²) in [6, 6.07) is 3.05. The van der Waals surface area contributed by atoms with Gasteiger partial charge in [0, 0.05) is 26.2 Å². The summed E-state index contributed by atoms with van der Waals surface area (Å²) < 4.78 is 34.4. The summed E-state index contributed by atoms with van der Waals surface area (Å²) in [6.07, 6.45) is 0.145. The maximum atomic E-state index is 12.4. The van der Waals surface area contributed by atoms with Crippen LogP contribution in [0.5, 0.6) is 5.88 Å². The number of ether oxygens (including phenoxy) is 4. The van der Waals surface area contributed by atoms with Crippen LogP contribution >= 0.6 is 0 Å². The van der Waals surface area contributed by atoms with Gasteiger partial charge in [-0.25, -0.2) is 9.37 Å². The normalized spacial score (nSPS) is 19.0. The van der Waals surface area contributed by atoms with Gasteiger partial charge < -0.3 is 34.3 Å². The van der Waals surface area contributed by atoms with Crippen LogP contribution in [0.1, 0.15) is 17.4 Å². The number of halogens is 1. The third-order valence-electron chi connectivity index (χ3n) is 5.21. The maximum absolute atomic E-state index is 12.4. The summed E-state index contributed by atoms with van der Waals surface area (Å²) in [5, 5.41) is 11.8. The van der Waals surface area contributed by atoms with E-state index in [9.17, 15) is 9.18 Å². The van der Waals surface area contributed by atoms with Crippen LogP contribution in [-0.2, 0) is 14.2 Å². The quantitative estimate of drug-likeness (QED) is 0.463. The largest absolute Gasteiger partial charge is 0.475 e. The van der Waals surface area contributed by atoms with Crippen molar-refractivity contribution in [3.05, 3.63) is 17.8 Å². The number of hydrogen-bond acceptors (Lipinski definition) is 8. The summed E-state index contributed by atoms with van der Waals surface area (Å²) in [5.41, 5.74) is 0.613. The van der Waals surface area contributed by atoms with E-state index in [1.165, 1.54) is 0 Å². The van der Waals surface area contributed by atoms with Gasteiger partial charge in [-0.2, -0.15) is 0 Å². The molecule has 30 heavy (non-hydrogen) atoms. The van der Waals surface area contributed by atoms with E-state index in [0.29, 0.717) is 38.8 Å². The fourth-order valence-electron chi connectivity index (χ4n) is 3.20. The number of aliphatic hydroxyl groups is 1. The first-order valence-corrected chi connectivity index (χ1v) is 10.0. The molecule has 0 bridgehead atoms. The Hall–Kier alpha value is -2.01. The van der Waals surface area contributed by atoms with Gasteiger partial charge in [-0.1, -0.05) is 0 Å². The van der Waals surface area contributed by atoms with Gasteiger partial charge >= 0.3 is 0 Å². The molecule has 0 spiro atoms. The van der Waals surface area contributed by atoms with E-state index >= 15 is 0 Å². The van der Waals surface area contributed by atoms with Crippen molar-refractivity contribution in [2.75, 3.05) is 71.4 Å². The smallest absolute Gasteiger partial charge is 0.270 e. The number of alkyl halides is 1. The molecule has 9 nitrogen and oxygen atoms in total. The average molecular weight is 427 g/mol. The lowest BCUT2D eigenvalue weighted by Gasteiger charge is -2.42. The van der Waals surface area contributed by atoms with Gasteiger partial charge in [0.25, 0.3) is 5.91 Å². The number of methoxy groups -OCH3 is 1. The number of aromatic nitrogens is 1. The molecule has 1 amide bonds. The molecule has 168 valence electrons. The van der Waals surface area contributed by atoms with Gasteiger partial charge in [0.1, 0.15) is 24.7 Å². The molecule has 2 fully saturated rings. The number of aliphatic hydroxyl groups excluding tert-OH is 1. The molecule has 2 aliphatic heterocycles. The van der Waals surface area contributed by atoms with Crippen LogP contribution in [-0.4, -0.2) is 94.7 Å². The van der Waals surface area contributed by atoms with Gasteiger partial charge in [0.05, 0.1) is 44.6 Å². The lowest BCUT2D eigenvalue weighted by molar-refractivity contribution is -0.164. The van der Waals surface area contributed by atoms with Crippen LogP contribution in [0, 0.1) is 5.41 Å². The molecule has 1 unspecified atom stereocenters. The highest BCUT2D eigenvalue weighted by Crippen LogP contribution is 2.34. The molecule has 2 aliphatic rings. The topological polar surface area (TPSA) is 102 Å². The Morgan fingerprint density at radius 2 is 2.20 bits per heavy atom. The zero-order valence-electron chi connectivity index (χ0n) is 17.4. The van der Waals surface area contributed by atoms with E-state index in [4.69, 9.17) is 24.1 Å². The standard InChI is InChI=1S/C20H30FN3O6/c1-14(9-25)22-18(26)16-3-4-17(24-7-15(8-24)27-2)19(23-16)30-13-20(11-29-12-20)10-28-6-5-21/h3-4,14-15,25H,5-13H2,1-2H3,(H,22,26). The molecular weight excluding hydrogens is 397 g/mol. The Balaban J connectivity index is 1.73. The molecule has 1 atom stereocenters. The van der Waals surface area contributed by atoms with Gasteiger partial charge in [-0.15, -0.1) is 0 Å².